The van der Waals surface area contributed by atoms with Crippen LogP contribution in [0.25, 0.3) is 5.69 Å². The van der Waals surface area contributed by atoms with E-state index in [1.807, 2.05) is 6.92 Å². The van der Waals surface area contributed by atoms with Gasteiger partial charge in [-0.15, -0.1) is 5.10 Å². The molecule has 3 aromatic rings. The van der Waals surface area contributed by atoms with Crippen LogP contribution in [0.1, 0.15) is 43.2 Å². The van der Waals surface area contributed by atoms with Crippen molar-refractivity contribution in [2.24, 2.45) is 0 Å². The van der Waals surface area contributed by atoms with Gasteiger partial charge >= 0.3 is 5.97 Å². The summed E-state index contributed by atoms with van der Waals surface area (Å²) in [6.07, 6.45) is 3.30. The number of aromatic hydroxyl groups is 1. The van der Waals surface area contributed by atoms with Crippen molar-refractivity contribution >= 4 is 74.0 Å². The number of amides is 2. The van der Waals surface area contributed by atoms with Crippen molar-refractivity contribution in [2.75, 3.05) is 17.2 Å². The van der Waals surface area contributed by atoms with Gasteiger partial charge in [0.15, 0.2) is 10.7 Å². The maximum absolute atomic E-state index is 13.3. The number of nitrogens with zero attached hydrogens (tertiary/aromatic N) is 4. The van der Waals surface area contributed by atoms with Gasteiger partial charge in [0.1, 0.15) is 11.8 Å². The van der Waals surface area contributed by atoms with E-state index in [4.69, 9.17) is 39.5 Å². The molecule has 0 aliphatic heterocycles. The number of hydrogen-bond donors (Lipinski definition) is 4. The number of alkyl halides is 3. The number of ether oxygens (including phenoxy) is 1. The Kier molecular flexibility index (Phi) is 10.7. The lowest BCUT2D eigenvalue weighted by Crippen LogP contribution is -2.43. The Morgan fingerprint density at radius 1 is 1.10 bits per heavy atom. The van der Waals surface area contributed by atoms with Crippen molar-refractivity contribution in [2.45, 2.75) is 48.5 Å². The largest absolute Gasteiger partial charge is 0.506 e. The average molecular weight is 663 g/mol. The minimum Gasteiger partial charge on any atom is -0.506 e. The predicted octanol–water partition coefficient (Wildman–Crippen LogP) is 3.11. The highest BCUT2D eigenvalue weighted by molar-refractivity contribution is 7.89. The third-order valence-electron chi connectivity index (χ3n) is 5.61. The first-order valence-corrected chi connectivity index (χ1v) is 14.9. The van der Waals surface area contributed by atoms with Crippen molar-refractivity contribution < 1.29 is 32.6 Å². The zero-order chi connectivity index (χ0) is 31.2. The minimum atomic E-state index is -4.19. The second-order valence-corrected chi connectivity index (χ2v) is 12.5. The number of halogens is 3. The number of pyridine rings is 1. The summed E-state index contributed by atoms with van der Waals surface area (Å²) in [6.45, 7) is 5.15. The topological polar surface area (TPSA) is 194 Å². The number of phenolic OH excluding ortho intramolecular Hbond substituents is 1. The number of phenols is 1. The number of nitrogens with one attached hydrogen (secondary N) is 3. The summed E-state index contributed by atoms with van der Waals surface area (Å²) in [5, 5.41) is 22.7. The van der Waals surface area contributed by atoms with E-state index in [1.54, 1.807) is 19.9 Å². The Balaban J connectivity index is 1.97. The molecule has 3 rings (SSSR count). The Hall–Kier alpha value is -3.50. The number of sulfonamides is 1. The van der Waals surface area contributed by atoms with E-state index in [0.29, 0.717) is 6.42 Å². The molecule has 1 aromatic carbocycles. The zero-order valence-electron chi connectivity index (χ0n) is 22.4. The lowest BCUT2D eigenvalue weighted by Gasteiger charge is -2.20. The number of rotatable bonds is 11. The first-order valence-electron chi connectivity index (χ1n) is 12.3. The van der Waals surface area contributed by atoms with Gasteiger partial charge in [-0.3, -0.25) is 9.59 Å². The molecule has 2 aromatic heterocycles. The van der Waals surface area contributed by atoms with Gasteiger partial charge in [-0.1, -0.05) is 59.9 Å². The molecule has 1 atom stereocenters. The molecule has 0 bridgehead atoms. The summed E-state index contributed by atoms with van der Waals surface area (Å²) >= 11 is 16.8. The molecule has 0 fully saturated rings. The molecular weight excluding hydrogens is 637 g/mol. The van der Waals surface area contributed by atoms with Crippen LogP contribution in [0, 0.1) is 0 Å². The van der Waals surface area contributed by atoms with Crippen LogP contribution in [0.5, 0.6) is 5.75 Å². The second-order valence-electron chi connectivity index (χ2n) is 8.54. The van der Waals surface area contributed by atoms with Crippen LogP contribution in [0.3, 0.4) is 0 Å². The number of aromatic nitrogens is 4. The average Bonchev–Trinajstić information content (AvgIpc) is 3.43. The molecule has 18 heteroatoms. The third-order valence-corrected chi connectivity index (χ3v) is 7.51. The molecular formula is C24H26Cl3N7O7S. The number of hydrogen-bond acceptors (Lipinski definition) is 10. The van der Waals surface area contributed by atoms with E-state index in [0.717, 1.165) is 22.4 Å². The van der Waals surface area contributed by atoms with E-state index < -0.39 is 43.4 Å². The monoisotopic (exact) mass is 661 g/mol. The van der Waals surface area contributed by atoms with Crippen LogP contribution in [-0.4, -0.2) is 67.7 Å². The fraction of sp³-hybridized carbons (Fsp3) is 0.333. The molecule has 2 amide bonds. The van der Waals surface area contributed by atoms with Crippen molar-refractivity contribution in [3.05, 3.63) is 47.9 Å². The maximum Gasteiger partial charge on any atom is 0.360 e. The lowest BCUT2D eigenvalue weighted by atomic mass is 10.2. The SMILES string of the molecule is CCOC(=O)c1cn(-c2cc(NC(=O)C(Cl)(Cl)Cl)c(O)cc2NC(=O)C(CC)NS(=O)(=O)c2ccc(CC)cn2)nn1. The number of benzene rings is 1. The molecule has 0 radical (unpaired) electrons. The summed E-state index contributed by atoms with van der Waals surface area (Å²) in [4.78, 5) is 41.6. The second kappa shape index (κ2) is 13.6. The number of esters is 1. The van der Waals surface area contributed by atoms with Crippen LogP contribution < -0.4 is 15.4 Å². The van der Waals surface area contributed by atoms with E-state index in [-0.39, 0.29) is 40.8 Å². The summed E-state index contributed by atoms with van der Waals surface area (Å²) in [5.41, 5.74) is 0.279. The van der Waals surface area contributed by atoms with E-state index in [2.05, 4.69) is 30.7 Å². The maximum atomic E-state index is 13.3. The minimum absolute atomic E-state index is 0.0154. The summed E-state index contributed by atoms with van der Waals surface area (Å²) in [7, 11) is -4.19. The van der Waals surface area contributed by atoms with Gasteiger partial charge in [-0.2, -0.15) is 4.72 Å². The van der Waals surface area contributed by atoms with Crippen molar-refractivity contribution in [3.63, 3.8) is 0 Å². The Bertz CT molecular complexity index is 1580. The Labute approximate surface area is 255 Å². The van der Waals surface area contributed by atoms with E-state index >= 15 is 0 Å². The fourth-order valence-corrected chi connectivity index (χ4v) is 4.76. The molecule has 42 heavy (non-hydrogen) atoms. The zero-order valence-corrected chi connectivity index (χ0v) is 25.5. The Morgan fingerprint density at radius 2 is 1.81 bits per heavy atom. The quantitative estimate of drug-likeness (QED) is 0.135. The summed E-state index contributed by atoms with van der Waals surface area (Å²) in [5.74, 6) is -3.25. The number of carbonyl (C=O) groups is 3. The van der Waals surface area contributed by atoms with Gasteiger partial charge in [-0.05, 0) is 37.5 Å². The normalized spacial score (nSPS) is 12.4. The summed E-state index contributed by atoms with van der Waals surface area (Å²) < 4.78 is 31.7. The van der Waals surface area contributed by atoms with Gasteiger partial charge in [0.05, 0.1) is 29.9 Å². The molecule has 14 nitrogen and oxygen atoms in total. The first kappa shape index (κ1) is 33.0. The highest BCUT2D eigenvalue weighted by atomic mass is 35.6. The van der Waals surface area contributed by atoms with Crippen LogP contribution in [0.15, 0.2) is 41.7 Å². The number of anilines is 2. The molecule has 0 saturated heterocycles. The molecule has 2 heterocycles. The van der Waals surface area contributed by atoms with E-state index in [9.17, 15) is 27.9 Å². The summed E-state index contributed by atoms with van der Waals surface area (Å²) in [6, 6.07) is 3.88. The highest BCUT2D eigenvalue weighted by Crippen LogP contribution is 2.35. The van der Waals surface area contributed by atoms with Crippen LogP contribution >= 0.6 is 34.8 Å². The molecule has 4 N–H and O–H groups in total. The number of carbonyl (C=O) groups excluding carboxylic acids is 3. The van der Waals surface area contributed by atoms with Crippen molar-refractivity contribution in [1.29, 1.82) is 0 Å². The van der Waals surface area contributed by atoms with Gasteiger partial charge < -0.3 is 20.5 Å². The molecule has 1 unspecified atom stereocenters. The lowest BCUT2D eigenvalue weighted by molar-refractivity contribution is -0.118. The smallest absolute Gasteiger partial charge is 0.360 e. The van der Waals surface area contributed by atoms with E-state index in [1.165, 1.54) is 18.5 Å². The number of aryl methyl sites for hydroxylation is 1. The van der Waals surface area contributed by atoms with Gasteiger partial charge in [0, 0.05) is 12.3 Å². The third kappa shape index (κ3) is 8.07. The molecule has 0 aliphatic carbocycles. The van der Waals surface area contributed by atoms with Crippen LogP contribution in [0.4, 0.5) is 11.4 Å². The van der Waals surface area contributed by atoms with Gasteiger partial charge in [-0.25, -0.2) is 22.9 Å². The van der Waals surface area contributed by atoms with Gasteiger partial charge in [0.2, 0.25) is 5.91 Å². The Morgan fingerprint density at radius 3 is 2.38 bits per heavy atom. The first-order chi connectivity index (χ1) is 19.7. The highest BCUT2D eigenvalue weighted by Gasteiger charge is 2.32. The van der Waals surface area contributed by atoms with Crippen LogP contribution in [-0.2, 0) is 30.8 Å². The standard InChI is InChI=1S/C24H26Cl3N7O7S/c1-4-13-7-8-20(28-11-13)42(39,40)32-14(5-2)21(36)29-15-10-19(35)16(30-23(38)24(25,26)27)9-18(15)34-12-17(31-33-34)22(37)41-6-3/h7-12,14,32,35H,4-6H2,1-3H3,(H,29,36)(H,30,38). The molecule has 226 valence electrons. The molecule has 0 spiro atoms. The molecule has 0 aliphatic rings. The van der Waals surface area contributed by atoms with Crippen molar-refractivity contribution in [1.82, 2.24) is 24.7 Å². The molecule has 0 saturated carbocycles. The van der Waals surface area contributed by atoms with Crippen LogP contribution in [0.2, 0.25) is 0 Å². The predicted molar refractivity (Wildman–Crippen MR) is 155 cm³/mol. The fourth-order valence-electron chi connectivity index (χ4n) is 3.41. The van der Waals surface area contributed by atoms with Gasteiger partial charge in [0.25, 0.3) is 19.7 Å². The van der Waals surface area contributed by atoms with Crippen molar-refractivity contribution in [3.8, 4) is 11.4 Å².